The van der Waals surface area contributed by atoms with E-state index in [2.05, 4.69) is 0 Å². The summed E-state index contributed by atoms with van der Waals surface area (Å²) in [6.45, 7) is 1.81. The zero-order valence-electron chi connectivity index (χ0n) is 9.41. The van der Waals surface area contributed by atoms with Gasteiger partial charge in [0.2, 0.25) is 0 Å². The van der Waals surface area contributed by atoms with E-state index in [0.29, 0.717) is 5.56 Å². The maximum absolute atomic E-state index is 12.4. The highest BCUT2D eigenvalue weighted by molar-refractivity contribution is 7.10. The molecule has 0 spiro atoms. The minimum absolute atomic E-state index is 0.248. The topological polar surface area (TPSA) is 17.1 Å². The Balaban J connectivity index is 2.31. The maximum atomic E-state index is 12.4. The van der Waals surface area contributed by atoms with Crippen molar-refractivity contribution in [3.63, 3.8) is 0 Å². The highest BCUT2D eigenvalue weighted by Crippen LogP contribution is 2.29. The smallest absolute Gasteiger partial charge is 0.289 e. The van der Waals surface area contributed by atoms with Crippen molar-refractivity contribution in [2.75, 3.05) is 0 Å². The summed E-state index contributed by atoms with van der Waals surface area (Å²) in [4.78, 5) is 12.9. The molecule has 0 saturated heterocycles. The van der Waals surface area contributed by atoms with Gasteiger partial charge in [0.05, 0.1) is 5.56 Å². The fourth-order valence-electron chi connectivity index (χ4n) is 1.59. The van der Waals surface area contributed by atoms with Crippen LogP contribution in [-0.4, -0.2) is 5.78 Å². The van der Waals surface area contributed by atoms with Crippen LogP contribution in [0.3, 0.4) is 0 Å². The van der Waals surface area contributed by atoms with E-state index >= 15 is 0 Å². The first kappa shape index (κ1) is 12.8. The van der Waals surface area contributed by atoms with Gasteiger partial charge < -0.3 is 0 Å². The second-order valence-corrected chi connectivity index (χ2v) is 4.91. The van der Waals surface area contributed by atoms with Crippen LogP contribution in [0.5, 0.6) is 0 Å². The minimum atomic E-state index is -4.38. The van der Waals surface area contributed by atoms with Crippen molar-refractivity contribution < 1.29 is 18.0 Å². The van der Waals surface area contributed by atoms with E-state index in [1.54, 1.807) is 11.4 Å². The van der Waals surface area contributed by atoms with Gasteiger partial charge in [0, 0.05) is 16.0 Å². The van der Waals surface area contributed by atoms with Crippen LogP contribution in [0.4, 0.5) is 13.2 Å². The zero-order chi connectivity index (χ0) is 13.3. The van der Waals surface area contributed by atoms with Gasteiger partial charge >= 0.3 is 6.18 Å². The second-order valence-electron chi connectivity index (χ2n) is 3.79. The third kappa shape index (κ3) is 2.46. The van der Waals surface area contributed by atoms with Gasteiger partial charge in [-0.15, -0.1) is 11.3 Å². The SMILES string of the molecule is Cc1sccc1C(=O)c1ccc(C(F)(F)F)cc1. The number of aryl methyl sites for hydroxylation is 1. The van der Waals surface area contributed by atoms with Crippen molar-refractivity contribution in [1.29, 1.82) is 0 Å². The van der Waals surface area contributed by atoms with E-state index in [-0.39, 0.29) is 11.3 Å². The molecule has 0 unspecified atom stereocenters. The van der Waals surface area contributed by atoms with E-state index in [1.807, 2.05) is 6.92 Å². The van der Waals surface area contributed by atoms with Crippen LogP contribution < -0.4 is 0 Å². The molecule has 0 aliphatic heterocycles. The van der Waals surface area contributed by atoms with Crippen LogP contribution in [0.25, 0.3) is 0 Å². The van der Waals surface area contributed by atoms with Crippen LogP contribution in [0.2, 0.25) is 0 Å². The number of thiophene rings is 1. The van der Waals surface area contributed by atoms with Gasteiger partial charge in [-0.05, 0) is 30.5 Å². The van der Waals surface area contributed by atoms with E-state index < -0.39 is 11.7 Å². The molecule has 94 valence electrons. The fraction of sp³-hybridized carbons (Fsp3) is 0.154. The van der Waals surface area contributed by atoms with Crippen molar-refractivity contribution in [2.24, 2.45) is 0 Å². The van der Waals surface area contributed by atoms with Gasteiger partial charge in [-0.2, -0.15) is 13.2 Å². The molecular weight excluding hydrogens is 261 g/mol. The molecule has 1 aromatic carbocycles. The highest BCUT2D eigenvalue weighted by atomic mass is 32.1. The molecule has 0 fully saturated rings. The first-order chi connectivity index (χ1) is 8.39. The van der Waals surface area contributed by atoms with E-state index in [1.165, 1.54) is 23.5 Å². The van der Waals surface area contributed by atoms with Crippen LogP contribution in [0, 0.1) is 6.92 Å². The monoisotopic (exact) mass is 270 g/mol. The lowest BCUT2D eigenvalue weighted by molar-refractivity contribution is -0.137. The lowest BCUT2D eigenvalue weighted by Gasteiger charge is -2.07. The number of carbonyl (C=O) groups is 1. The Morgan fingerprint density at radius 3 is 2.17 bits per heavy atom. The van der Waals surface area contributed by atoms with Gasteiger partial charge in [-0.1, -0.05) is 12.1 Å². The van der Waals surface area contributed by atoms with Crippen molar-refractivity contribution in [3.05, 3.63) is 57.3 Å². The summed E-state index contributed by atoms with van der Waals surface area (Å²) in [6, 6.07) is 5.95. The Morgan fingerprint density at radius 2 is 1.72 bits per heavy atom. The molecule has 0 aliphatic carbocycles. The Labute approximate surface area is 106 Å². The second kappa shape index (κ2) is 4.57. The molecule has 18 heavy (non-hydrogen) atoms. The molecule has 0 radical (unpaired) electrons. The Bertz CT molecular complexity index is 567. The number of benzene rings is 1. The summed E-state index contributed by atoms with van der Waals surface area (Å²) in [5.41, 5.74) is 0.0605. The predicted octanol–water partition coefficient (Wildman–Crippen LogP) is 4.31. The lowest BCUT2D eigenvalue weighted by atomic mass is 10.0. The number of rotatable bonds is 2. The summed E-state index contributed by atoms with van der Waals surface area (Å²) < 4.78 is 37.1. The normalized spacial score (nSPS) is 11.6. The van der Waals surface area contributed by atoms with Crippen LogP contribution >= 0.6 is 11.3 Å². The number of hydrogen-bond acceptors (Lipinski definition) is 2. The Morgan fingerprint density at radius 1 is 1.11 bits per heavy atom. The maximum Gasteiger partial charge on any atom is 0.416 e. The van der Waals surface area contributed by atoms with Gasteiger partial charge in [-0.3, -0.25) is 4.79 Å². The Hall–Kier alpha value is -1.62. The number of halogens is 3. The third-order valence-electron chi connectivity index (χ3n) is 2.58. The lowest BCUT2D eigenvalue weighted by Crippen LogP contribution is -2.06. The summed E-state index contributed by atoms with van der Waals surface area (Å²) in [5.74, 6) is -0.248. The summed E-state index contributed by atoms with van der Waals surface area (Å²) in [6.07, 6.45) is -4.38. The van der Waals surface area contributed by atoms with Crippen molar-refractivity contribution in [3.8, 4) is 0 Å². The molecule has 1 nitrogen and oxygen atoms in total. The number of carbonyl (C=O) groups excluding carboxylic acids is 1. The molecule has 0 amide bonds. The molecule has 0 saturated carbocycles. The highest BCUT2D eigenvalue weighted by Gasteiger charge is 2.30. The first-order valence-corrected chi connectivity index (χ1v) is 6.03. The van der Waals surface area contributed by atoms with Gasteiger partial charge in [0.25, 0.3) is 0 Å². The third-order valence-corrected chi connectivity index (χ3v) is 3.42. The molecule has 1 aromatic heterocycles. The molecule has 5 heteroatoms. The molecule has 2 rings (SSSR count). The average molecular weight is 270 g/mol. The molecule has 0 N–H and O–H groups in total. The zero-order valence-corrected chi connectivity index (χ0v) is 10.2. The molecule has 1 heterocycles. The summed E-state index contributed by atoms with van der Waals surface area (Å²) in [7, 11) is 0. The van der Waals surface area contributed by atoms with Crippen molar-refractivity contribution in [2.45, 2.75) is 13.1 Å². The number of alkyl halides is 3. The molecular formula is C13H9F3OS. The van der Waals surface area contributed by atoms with Crippen molar-refractivity contribution >= 4 is 17.1 Å². The minimum Gasteiger partial charge on any atom is -0.289 e. The average Bonchev–Trinajstić information content (AvgIpc) is 2.73. The Kier molecular flexibility index (Phi) is 3.26. The fourth-order valence-corrected chi connectivity index (χ4v) is 2.28. The molecule has 0 bridgehead atoms. The molecule has 0 atom stereocenters. The predicted molar refractivity (Wildman–Crippen MR) is 63.9 cm³/mol. The van der Waals surface area contributed by atoms with Gasteiger partial charge in [-0.25, -0.2) is 0 Å². The summed E-state index contributed by atoms with van der Waals surface area (Å²) in [5, 5.41) is 1.78. The quantitative estimate of drug-likeness (QED) is 0.743. The van der Waals surface area contributed by atoms with Crippen LogP contribution in [-0.2, 0) is 6.18 Å². The largest absolute Gasteiger partial charge is 0.416 e. The van der Waals surface area contributed by atoms with E-state index in [0.717, 1.165) is 17.0 Å². The molecule has 0 aliphatic rings. The molecule has 2 aromatic rings. The van der Waals surface area contributed by atoms with E-state index in [9.17, 15) is 18.0 Å². The number of ketones is 1. The van der Waals surface area contributed by atoms with Crippen molar-refractivity contribution in [1.82, 2.24) is 0 Å². The first-order valence-electron chi connectivity index (χ1n) is 5.15. The standard InChI is InChI=1S/C13H9F3OS/c1-8-11(6-7-18-8)12(17)9-2-4-10(5-3-9)13(14,15)16/h2-7H,1H3. The van der Waals surface area contributed by atoms with Gasteiger partial charge in [0.1, 0.15) is 0 Å². The van der Waals surface area contributed by atoms with Gasteiger partial charge in [0.15, 0.2) is 5.78 Å². The number of hydrogen-bond donors (Lipinski definition) is 0. The van der Waals surface area contributed by atoms with E-state index in [4.69, 9.17) is 0 Å². The summed E-state index contributed by atoms with van der Waals surface area (Å²) >= 11 is 1.43. The van der Waals surface area contributed by atoms with Crippen LogP contribution in [0.15, 0.2) is 35.7 Å². The van der Waals surface area contributed by atoms with Crippen LogP contribution in [0.1, 0.15) is 26.4 Å².